The Morgan fingerprint density at radius 2 is 1.95 bits per heavy atom. The topological polar surface area (TPSA) is 97.2 Å². The standard InChI is InChI=1S/C33H33ClN4O6/c1-33(27-8-7-19(34)13-35-27)43-25-6-4-5-21(31(25)44-33)29-22-15-37(16-23(22)29)17-28-36-30-24(38(28)14-20-9-10-42-20)11-18(32(39)41-3)12-26(30)40-2/h4-8,11-13,20,22-23,29H,9-10,14-17H2,1-3H3/t20-,22?,23?,29?,33?/m0/s1. The van der Waals surface area contributed by atoms with Gasteiger partial charge in [-0.05, 0) is 54.5 Å². The zero-order valence-electron chi connectivity index (χ0n) is 24.8. The molecule has 3 unspecified atom stereocenters. The summed E-state index contributed by atoms with van der Waals surface area (Å²) in [6, 6.07) is 13.4. The largest absolute Gasteiger partial charge is 0.494 e. The SMILES string of the molecule is COC(=O)c1cc(OC)c2nc(CN3CC4C(C3)C4c3cccc4c3OC(C)(c3ccc(Cl)cn3)O4)n(C[C@@H]3CCO3)c2c1. The van der Waals surface area contributed by atoms with E-state index in [4.69, 9.17) is 40.3 Å². The average Bonchev–Trinajstić information content (AvgIpc) is 3.29. The van der Waals surface area contributed by atoms with Gasteiger partial charge in [-0.15, -0.1) is 0 Å². The number of carbonyl (C=O) groups is 1. The van der Waals surface area contributed by atoms with E-state index in [0.29, 0.717) is 52.9 Å². The molecule has 5 heterocycles. The summed E-state index contributed by atoms with van der Waals surface area (Å²) < 4.78 is 31.4. The Balaban J connectivity index is 1.02. The molecule has 0 spiro atoms. The number of aromatic nitrogens is 3. The molecule has 0 N–H and O–H groups in total. The summed E-state index contributed by atoms with van der Waals surface area (Å²) in [6.45, 7) is 5.97. The Morgan fingerprint density at radius 1 is 1.14 bits per heavy atom. The highest BCUT2D eigenvalue weighted by Crippen LogP contribution is 2.62. The van der Waals surface area contributed by atoms with Crippen LogP contribution < -0.4 is 14.2 Å². The van der Waals surface area contributed by atoms with Gasteiger partial charge in [-0.3, -0.25) is 9.88 Å². The lowest BCUT2D eigenvalue weighted by Gasteiger charge is -2.28. The van der Waals surface area contributed by atoms with Crippen LogP contribution in [0.15, 0.2) is 48.7 Å². The minimum absolute atomic E-state index is 0.131. The average molecular weight is 617 g/mol. The maximum Gasteiger partial charge on any atom is 0.338 e. The number of imidazole rings is 1. The summed E-state index contributed by atoms with van der Waals surface area (Å²) in [6.07, 6.45) is 2.75. The fourth-order valence-electron chi connectivity index (χ4n) is 7.15. The Morgan fingerprint density at radius 3 is 2.64 bits per heavy atom. The zero-order valence-corrected chi connectivity index (χ0v) is 25.5. The number of likely N-dealkylation sites (tertiary alicyclic amines) is 1. The third-order valence-electron chi connectivity index (χ3n) is 9.52. The molecule has 2 aromatic heterocycles. The van der Waals surface area contributed by atoms with Crippen molar-refractivity contribution in [1.82, 2.24) is 19.4 Å². The van der Waals surface area contributed by atoms with E-state index in [1.807, 2.05) is 31.2 Å². The quantitative estimate of drug-likeness (QED) is 0.249. The number of ether oxygens (including phenoxy) is 5. The Labute approximate surface area is 259 Å². The van der Waals surface area contributed by atoms with Crippen LogP contribution in [0.5, 0.6) is 17.2 Å². The highest BCUT2D eigenvalue weighted by molar-refractivity contribution is 6.30. The molecular weight excluding hydrogens is 584 g/mol. The van der Waals surface area contributed by atoms with E-state index in [-0.39, 0.29) is 6.10 Å². The number of fused-ring (bicyclic) bond motifs is 3. The molecule has 11 heteroatoms. The summed E-state index contributed by atoms with van der Waals surface area (Å²) in [5.41, 5.74) is 3.91. The van der Waals surface area contributed by atoms with E-state index in [9.17, 15) is 4.79 Å². The van der Waals surface area contributed by atoms with Gasteiger partial charge in [-0.25, -0.2) is 9.78 Å². The van der Waals surface area contributed by atoms with Crippen LogP contribution in [0.3, 0.4) is 0 Å². The number of halogens is 1. The van der Waals surface area contributed by atoms with Crippen molar-refractivity contribution in [3.8, 4) is 17.2 Å². The fourth-order valence-corrected chi connectivity index (χ4v) is 7.26. The van der Waals surface area contributed by atoms with E-state index >= 15 is 0 Å². The lowest BCUT2D eigenvalue weighted by Crippen LogP contribution is -2.33. The highest BCUT2D eigenvalue weighted by atomic mass is 35.5. The first-order valence-electron chi connectivity index (χ1n) is 15.0. The van der Waals surface area contributed by atoms with Crippen LogP contribution in [0.4, 0.5) is 0 Å². The summed E-state index contributed by atoms with van der Waals surface area (Å²) in [4.78, 5) is 24.4. The molecule has 3 aliphatic heterocycles. The summed E-state index contributed by atoms with van der Waals surface area (Å²) in [5, 5.41) is 0.570. The molecule has 2 aromatic carbocycles. The number of methoxy groups -OCH3 is 2. The summed E-state index contributed by atoms with van der Waals surface area (Å²) >= 11 is 6.06. The van der Waals surface area contributed by atoms with Crippen LogP contribution in [0.2, 0.25) is 5.02 Å². The minimum atomic E-state index is -1.00. The number of rotatable bonds is 8. The second-order valence-electron chi connectivity index (χ2n) is 12.2. The molecule has 8 rings (SSSR count). The van der Waals surface area contributed by atoms with Crippen molar-refractivity contribution >= 4 is 28.6 Å². The van der Waals surface area contributed by atoms with Gasteiger partial charge in [-0.1, -0.05) is 23.7 Å². The van der Waals surface area contributed by atoms with Gasteiger partial charge in [-0.2, -0.15) is 0 Å². The first-order valence-corrected chi connectivity index (χ1v) is 15.4. The maximum absolute atomic E-state index is 12.4. The summed E-state index contributed by atoms with van der Waals surface area (Å²) in [5.74, 6) is 3.12. The molecule has 0 radical (unpaired) electrons. The van der Waals surface area contributed by atoms with Crippen LogP contribution in [0, 0.1) is 11.8 Å². The van der Waals surface area contributed by atoms with Crippen LogP contribution in [-0.2, 0) is 28.4 Å². The van der Waals surface area contributed by atoms with E-state index in [0.717, 1.165) is 54.5 Å². The first kappa shape index (κ1) is 27.7. The van der Waals surface area contributed by atoms with Crippen LogP contribution >= 0.6 is 11.6 Å². The lowest BCUT2D eigenvalue weighted by atomic mass is 10.0. The molecule has 1 aliphatic carbocycles. The molecule has 228 valence electrons. The number of benzene rings is 2. The minimum Gasteiger partial charge on any atom is -0.494 e. The molecule has 4 aromatic rings. The molecule has 0 bridgehead atoms. The number of carbonyl (C=O) groups excluding carboxylic acids is 1. The van der Waals surface area contributed by atoms with E-state index in [1.54, 1.807) is 25.4 Å². The van der Waals surface area contributed by atoms with Gasteiger partial charge in [0.15, 0.2) is 11.5 Å². The molecule has 0 amide bonds. The van der Waals surface area contributed by atoms with Gasteiger partial charge in [0.1, 0.15) is 22.8 Å². The number of hydrogen-bond acceptors (Lipinski definition) is 9. The van der Waals surface area contributed by atoms with E-state index < -0.39 is 11.8 Å². The zero-order chi connectivity index (χ0) is 30.2. The van der Waals surface area contributed by atoms with Gasteiger partial charge in [0.05, 0.1) is 49.5 Å². The van der Waals surface area contributed by atoms with Crippen molar-refractivity contribution in [2.75, 3.05) is 33.9 Å². The van der Waals surface area contributed by atoms with Crippen LogP contribution in [-0.4, -0.2) is 65.4 Å². The molecule has 1 saturated carbocycles. The predicted molar refractivity (Wildman–Crippen MR) is 161 cm³/mol. The Hall–Kier alpha value is -3.86. The number of nitrogens with zero attached hydrogens (tertiary/aromatic N) is 4. The van der Waals surface area contributed by atoms with Crippen molar-refractivity contribution in [1.29, 1.82) is 0 Å². The van der Waals surface area contributed by atoms with Crippen molar-refractivity contribution in [3.05, 3.63) is 76.3 Å². The number of para-hydroxylation sites is 1. The first-order chi connectivity index (χ1) is 21.3. The fraction of sp³-hybridized carbons (Fsp3) is 0.424. The van der Waals surface area contributed by atoms with Gasteiger partial charge in [0, 0.05) is 38.4 Å². The molecule has 4 aliphatic rings. The highest BCUT2D eigenvalue weighted by Gasteiger charge is 2.58. The molecule has 2 saturated heterocycles. The van der Waals surface area contributed by atoms with Crippen molar-refractivity contribution in [3.63, 3.8) is 0 Å². The van der Waals surface area contributed by atoms with Crippen molar-refractivity contribution in [2.24, 2.45) is 11.8 Å². The number of hydrogen-bond donors (Lipinski definition) is 0. The van der Waals surface area contributed by atoms with Crippen molar-refractivity contribution in [2.45, 2.75) is 44.2 Å². The molecule has 10 nitrogen and oxygen atoms in total. The normalized spacial score (nSPS) is 26.8. The number of esters is 1. The molecule has 44 heavy (non-hydrogen) atoms. The van der Waals surface area contributed by atoms with E-state index in [2.05, 4.69) is 20.5 Å². The molecular formula is C33H33ClN4O6. The second-order valence-corrected chi connectivity index (χ2v) is 12.6. The van der Waals surface area contributed by atoms with Crippen LogP contribution in [0.25, 0.3) is 11.0 Å². The predicted octanol–water partition coefficient (Wildman–Crippen LogP) is 5.16. The van der Waals surface area contributed by atoms with Gasteiger partial charge >= 0.3 is 5.97 Å². The lowest BCUT2D eigenvalue weighted by molar-refractivity contribution is -0.0721. The van der Waals surface area contributed by atoms with Gasteiger partial charge in [0.25, 0.3) is 5.79 Å². The Kier molecular flexibility index (Phi) is 6.51. The third kappa shape index (κ3) is 4.50. The van der Waals surface area contributed by atoms with Gasteiger partial charge in [0.2, 0.25) is 0 Å². The Bertz CT molecular complexity index is 1760. The smallest absolute Gasteiger partial charge is 0.338 e. The van der Waals surface area contributed by atoms with Crippen LogP contribution in [0.1, 0.15) is 46.7 Å². The number of piperidine rings is 1. The second kappa shape index (κ2) is 10.4. The molecule has 4 atom stereocenters. The van der Waals surface area contributed by atoms with Crippen molar-refractivity contribution < 1.29 is 28.5 Å². The monoisotopic (exact) mass is 616 g/mol. The maximum atomic E-state index is 12.4. The molecule has 3 fully saturated rings. The summed E-state index contributed by atoms with van der Waals surface area (Å²) in [7, 11) is 2.98. The van der Waals surface area contributed by atoms with Gasteiger partial charge < -0.3 is 28.3 Å². The number of pyridine rings is 1. The van der Waals surface area contributed by atoms with E-state index in [1.165, 1.54) is 12.7 Å². The third-order valence-corrected chi connectivity index (χ3v) is 9.74.